The Balaban J connectivity index is 0.739. The van der Waals surface area contributed by atoms with Crippen molar-refractivity contribution >= 4 is 12.2 Å². The number of ether oxygens (including phenoxy) is 15. The second-order valence-corrected chi connectivity index (χ2v) is 15.2. The number of nitrogens with one attached hydrogen (secondary N) is 2. The first-order valence-corrected chi connectivity index (χ1v) is 24.3. The van der Waals surface area contributed by atoms with Crippen molar-refractivity contribution in [3.05, 3.63) is 95.6 Å². The van der Waals surface area contributed by atoms with Gasteiger partial charge in [0.2, 0.25) is 0 Å². The van der Waals surface area contributed by atoms with Gasteiger partial charge >= 0.3 is 12.2 Å². The van der Waals surface area contributed by atoms with Crippen LogP contribution in [0.3, 0.4) is 0 Å². The van der Waals surface area contributed by atoms with Crippen molar-refractivity contribution in [1.82, 2.24) is 10.6 Å². The molecule has 0 heterocycles. The van der Waals surface area contributed by atoms with Gasteiger partial charge in [0.1, 0.15) is 13.2 Å². The zero-order valence-electron chi connectivity index (χ0n) is 40.7. The van der Waals surface area contributed by atoms with Gasteiger partial charge < -0.3 is 81.7 Å². The zero-order valence-corrected chi connectivity index (χ0v) is 40.7. The Hall–Kier alpha value is -4.32. The van der Waals surface area contributed by atoms with Crippen LogP contribution >= 0.6 is 0 Å². The maximum absolute atomic E-state index is 12.3. The van der Waals surface area contributed by atoms with Gasteiger partial charge in [-0.05, 0) is 27.8 Å². The standard InChI is InChI=1S/C51H76N2O17/c54-50(69-42-44-8-2-1-3-9-44)52-14-16-56-18-20-58-22-24-60-26-28-62-30-32-64-34-36-66-38-40-68-41-39-67-37-35-65-33-31-63-29-27-61-25-23-59-21-19-57-17-15-53-51(55)70-43-49-47-12-6-4-10-45(47)46-11-5-7-13-48(46)49/h1-13,49H,14-43H2,(H,52,54)(H,53,55). The minimum atomic E-state index is -0.475. The summed E-state index contributed by atoms with van der Waals surface area (Å²) in [5.74, 6) is 0.0297. The van der Waals surface area contributed by atoms with Crippen LogP contribution in [0.5, 0.6) is 0 Å². The van der Waals surface area contributed by atoms with Crippen LogP contribution in [0, 0.1) is 0 Å². The Bertz CT molecular complexity index is 1680. The molecule has 70 heavy (non-hydrogen) atoms. The molecule has 3 aromatic rings. The number of carbonyl (C=O) groups excluding carboxylic acids is 2. The van der Waals surface area contributed by atoms with Gasteiger partial charge in [-0.1, -0.05) is 78.9 Å². The molecule has 4 rings (SSSR count). The summed E-state index contributed by atoms with van der Waals surface area (Å²) in [6.45, 7) is 13.1. The van der Waals surface area contributed by atoms with Gasteiger partial charge in [0.25, 0.3) is 0 Å². The van der Waals surface area contributed by atoms with E-state index in [0.29, 0.717) is 185 Å². The summed E-state index contributed by atoms with van der Waals surface area (Å²) in [4.78, 5) is 24.0. The summed E-state index contributed by atoms with van der Waals surface area (Å²) in [5, 5.41) is 5.39. The van der Waals surface area contributed by atoms with Crippen LogP contribution in [-0.4, -0.2) is 204 Å². The monoisotopic (exact) mass is 989 g/mol. The van der Waals surface area contributed by atoms with Gasteiger partial charge in [0.05, 0.1) is 172 Å². The minimum absolute atomic E-state index is 0.0297. The quantitative estimate of drug-likeness (QED) is 0.0741. The molecule has 0 radical (unpaired) electrons. The summed E-state index contributed by atoms with van der Waals surface area (Å²) in [5.41, 5.74) is 5.69. The Kier molecular flexibility index (Phi) is 34.4. The predicted octanol–water partition coefficient (Wildman–Crippen LogP) is 4.67. The van der Waals surface area contributed by atoms with Crippen molar-refractivity contribution in [2.75, 3.05) is 191 Å². The van der Waals surface area contributed by atoms with E-state index >= 15 is 0 Å². The smallest absolute Gasteiger partial charge is 0.407 e. The average Bonchev–Trinajstić information content (AvgIpc) is 3.71. The largest absolute Gasteiger partial charge is 0.449 e. The molecule has 0 fully saturated rings. The Morgan fingerprint density at radius 3 is 0.929 bits per heavy atom. The maximum atomic E-state index is 12.3. The molecular formula is C51H76N2O17. The Labute approximate surface area is 413 Å². The molecule has 19 heteroatoms. The number of carbonyl (C=O) groups is 2. The fourth-order valence-corrected chi connectivity index (χ4v) is 6.62. The van der Waals surface area contributed by atoms with E-state index in [1.54, 1.807) is 0 Å². The molecule has 392 valence electrons. The molecule has 0 unspecified atom stereocenters. The third-order valence-corrected chi connectivity index (χ3v) is 10.1. The van der Waals surface area contributed by atoms with Crippen molar-refractivity contribution in [2.45, 2.75) is 12.5 Å². The number of alkyl carbamates (subject to hydrolysis) is 2. The van der Waals surface area contributed by atoms with Crippen LogP contribution in [0.4, 0.5) is 9.59 Å². The lowest BCUT2D eigenvalue weighted by Gasteiger charge is -2.14. The number of fused-ring (bicyclic) bond motifs is 3. The normalized spacial score (nSPS) is 11.9. The highest BCUT2D eigenvalue weighted by molar-refractivity contribution is 5.79. The highest BCUT2D eigenvalue weighted by Crippen LogP contribution is 2.44. The molecule has 0 atom stereocenters. The van der Waals surface area contributed by atoms with Gasteiger partial charge in [-0.15, -0.1) is 0 Å². The van der Waals surface area contributed by atoms with Crippen molar-refractivity contribution in [3.63, 3.8) is 0 Å². The van der Waals surface area contributed by atoms with Crippen molar-refractivity contribution in [1.29, 1.82) is 0 Å². The van der Waals surface area contributed by atoms with E-state index in [1.165, 1.54) is 22.3 Å². The molecule has 2 N–H and O–H groups in total. The van der Waals surface area contributed by atoms with E-state index in [0.717, 1.165) is 5.56 Å². The van der Waals surface area contributed by atoms with Crippen molar-refractivity contribution in [3.8, 4) is 11.1 Å². The summed E-state index contributed by atoms with van der Waals surface area (Å²) < 4.78 is 82.3. The molecule has 0 saturated heterocycles. The lowest BCUT2D eigenvalue weighted by atomic mass is 9.98. The summed E-state index contributed by atoms with van der Waals surface area (Å²) in [7, 11) is 0. The fraction of sp³-hybridized carbons (Fsp3) is 0.608. The van der Waals surface area contributed by atoms with Gasteiger partial charge in [0.15, 0.2) is 0 Å². The van der Waals surface area contributed by atoms with E-state index in [2.05, 4.69) is 34.9 Å². The summed E-state index contributed by atoms with van der Waals surface area (Å²) >= 11 is 0. The third kappa shape index (κ3) is 28.5. The number of amides is 2. The maximum Gasteiger partial charge on any atom is 0.407 e. The summed E-state index contributed by atoms with van der Waals surface area (Å²) in [6, 6.07) is 26.0. The number of hydrogen-bond acceptors (Lipinski definition) is 17. The topological polar surface area (TPSA) is 197 Å². The van der Waals surface area contributed by atoms with Crippen LogP contribution in [0.15, 0.2) is 78.9 Å². The Morgan fingerprint density at radius 1 is 0.329 bits per heavy atom. The third-order valence-electron chi connectivity index (χ3n) is 10.1. The predicted molar refractivity (Wildman–Crippen MR) is 258 cm³/mol. The second-order valence-electron chi connectivity index (χ2n) is 15.2. The molecule has 0 spiro atoms. The van der Waals surface area contributed by atoms with Gasteiger partial charge in [-0.2, -0.15) is 0 Å². The van der Waals surface area contributed by atoms with Gasteiger partial charge in [-0.25, -0.2) is 9.59 Å². The first kappa shape index (κ1) is 58.3. The molecule has 1 aliphatic carbocycles. The first-order chi connectivity index (χ1) is 34.7. The van der Waals surface area contributed by atoms with Gasteiger partial charge in [0, 0.05) is 19.0 Å². The van der Waals surface area contributed by atoms with Gasteiger partial charge in [-0.3, -0.25) is 0 Å². The van der Waals surface area contributed by atoms with Crippen LogP contribution in [0.2, 0.25) is 0 Å². The summed E-state index contributed by atoms with van der Waals surface area (Å²) in [6.07, 6.45) is -0.932. The highest BCUT2D eigenvalue weighted by Gasteiger charge is 2.29. The molecule has 0 saturated carbocycles. The van der Waals surface area contributed by atoms with Crippen LogP contribution in [0.1, 0.15) is 22.6 Å². The lowest BCUT2D eigenvalue weighted by molar-refractivity contribution is -0.0289. The van der Waals surface area contributed by atoms with Crippen molar-refractivity contribution in [2.24, 2.45) is 0 Å². The van der Waals surface area contributed by atoms with Crippen molar-refractivity contribution < 1.29 is 80.6 Å². The SMILES string of the molecule is O=C(NCCOCCOCCOCCOCCOCCOCCOCCOCCOCCOCCOCCOCCOCCNC(=O)OCC1c2ccccc2-c2ccccc21)OCc1ccccc1. The first-order valence-electron chi connectivity index (χ1n) is 24.3. The van der Waals surface area contributed by atoms with Crippen LogP contribution in [0.25, 0.3) is 11.1 Å². The van der Waals surface area contributed by atoms with E-state index in [4.69, 9.17) is 71.1 Å². The molecule has 2 amide bonds. The molecule has 3 aromatic carbocycles. The van der Waals surface area contributed by atoms with E-state index in [-0.39, 0.29) is 19.1 Å². The molecule has 19 nitrogen and oxygen atoms in total. The van der Waals surface area contributed by atoms with Crippen LogP contribution in [-0.2, 0) is 77.7 Å². The minimum Gasteiger partial charge on any atom is -0.449 e. The molecular weight excluding hydrogens is 913 g/mol. The van der Waals surface area contributed by atoms with E-state index in [9.17, 15) is 9.59 Å². The molecule has 0 aromatic heterocycles. The second kappa shape index (κ2) is 41.3. The number of hydrogen-bond donors (Lipinski definition) is 2. The lowest BCUT2D eigenvalue weighted by Crippen LogP contribution is -2.29. The van der Waals surface area contributed by atoms with E-state index in [1.807, 2.05) is 54.6 Å². The molecule has 0 bridgehead atoms. The Morgan fingerprint density at radius 2 is 0.600 bits per heavy atom. The average molecular weight is 989 g/mol. The fourth-order valence-electron chi connectivity index (χ4n) is 6.62. The number of rotatable bonds is 46. The molecule has 1 aliphatic rings. The van der Waals surface area contributed by atoms with E-state index < -0.39 is 12.2 Å². The molecule has 0 aliphatic heterocycles. The zero-order chi connectivity index (χ0) is 49.0. The van der Waals surface area contributed by atoms with Crippen LogP contribution < -0.4 is 10.6 Å². The highest BCUT2D eigenvalue weighted by atomic mass is 16.6. The number of benzene rings is 3.